The van der Waals surface area contributed by atoms with Gasteiger partial charge in [0.05, 0.1) is 0 Å². The van der Waals surface area contributed by atoms with Crippen LogP contribution in [0.25, 0.3) is 0 Å². The lowest BCUT2D eigenvalue weighted by Gasteiger charge is -2.25. The molecule has 0 atom stereocenters. The zero-order valence-electron chi connectivity index (χ0n) is 14.2. The Morgan fingerprint density at radius 1 is 0.857 bits per heavy atom. The predicted octanol–water partition coefficient (Wildman–Crippen LogP) is 5.31. The summed E-state index contributed by atoms with van der Waals surface area (Å²) in [5, 5.41) is 0. The molecule has 0 N–H and O–H groups in total. The molecule has 116 valence electrons. The van der Waals surface area contributed by atoms with Crippen molar-refractivity contribution >= 4 is 11.6 Å². The Bertz CT molecular complexity index is 522. The number of ketones is 2. The first-order valence-corrected chi connectivity index (χ1v) is 7.91. The summed E-state index contributed by atoms with van der Waals surface area (Å²) in [7, 11) is 0. The molecule has 0 amide bonds. The minimum Gasteiger partial charge on any atom is -0.294 e. The number of hydrogen-bond donors (Lipinski definition) is 0. The molecule has 21 heavy (non-hydrogen) atoms. The van der Waals surface area contributed by atoms with Gasteiger partial charge in [0.25, 0.3) is 0 Å². The molecule has 0 aromatic heterocycles. The molecule has 0 unspecified atom stereocenters. The second kappa shape index (κ2) is 6.55. The van der Waals surface area contributed by atoms with Crippen LogP contribution in [0.4, 0.5) is 0 Å². The minimum absolute atomic E-state index is 0.106. The van der Waals surface area contributed by atoms with Gasteiger partial charge in [-0.25, -0.2) is 0 Å². The normalized spacial score (nSPS) is 12.3. The van der Waals surface area contributed by atoms with Crippen molar-refractivity contribution in [3.63, 3.8) is 0 Å². The topological polar surface area (TPSA) is 34.1 Å². The maximum atomic E-state index is 12.7. The van der Waals surface area contributed by atoms with Crippen molar-refractivity contribution in [1.82, 2.24) is 0 Å². The number of rotatable bonds is 7. The molecule has 1 aromatic rings. The van der Waals surface area contributed by atoms with Crippen molar-refractivity contribution in [1.29, 1.82) is 0 Å². The van der Waals surface area contributed by atoms with Crippen molar-refractivity contribution < 1.29 is 9.59 Å². The van der Waals surface area contributed by atoms with E-state index >= 15 is 0 Å². The molecule has 0 saturated heterocycles. The molecule has 0 spiro atoms. The SMILES string of the molecule is CCC(C)(C)C(=O)c1cccc(C(=O)C(C)(CC)CC)c1. The van der Waals surface area contributed by atoms with Crippen molar-refractivity contribution in [3.8, 4) is 0 Å². The van der Waals surface area contributed by atoms with E-state index in [0.29, 0.717) is 11.1 Å². The first-order valence-electron chi connectivity index (χ1n) is 7.91. The van der Waals surface area contributed by atoms with Gasteiger partial charge in [-0.2, -0.15) is 0 Å². The average molecular weight is 288 g/mol. The Morgan fingerprint density at radius 2 is 1.33 bits per heavy atom. The molecular formula is C19H28O2. The number of carbonyl (C=O) groups excluding carboxylic acids is 2. The van der Waals surface area contributed by atoms with Gasteiger partial charge in [0.2, 0.25) is 0 Å². The van der Waals surface area contributed by atoms with E-state index in [4.69, 9.17) is 0 Å². The van der Waals surface area contributed by atoms with Crippen molar-refractivity contribution in [2.45, 2.75) is 60.8 Å². The van der Waals surface area contributed by atoms with Crippen molar-refractivity contribution in [2.24, 2.45) is 10.8 Å². The smallest absolute Gasteiger partial charge is 0.168 e. The summed E-state index contributed by atoms with van der Waals surface area (Å²) in [5.74, 6) is 0.241. The van der Waals surface area contributed by atoms with E-state index in [1.165, 1.54) is 0 Å². The molecule has 0 saturated carbocycles. The highest BCUT2D eigenvalue weighted by Crippen LogP contribution is 2.31. The quantitative estimate of drug-likeness (QED) is 0.637. The maximum Gasteiger partial charge on any atom is 0.168 e. The summed E-state index contributed by atoms with van der Waals surface area (Å²) in [4.78, 5) is 25.3. The van der Waals surface area contributed by atoms with Gasteiger partial charge in [0, 0.05) is 22.0 Å². The van der Waals surface area contributed by atoms with E-state index < -0.39 is 0 Å². The van der Waals surface area contributed by atoms with Crippen molar-refractivity contribution in [2.75, 3.05) is 0 Å². The summed E-state index contributed by atoms with van der Waals surface area (Å²) >= 11 is 0. The molecule has 0 aliphatic heterocycles. The van der Waals surface area contributed by atoms with E-state index in [9.17, 15) is 9.59 Å². The van der Waals surface area contributed by atoms with Gasteiger partial charge < -0.3 is 0 Å². The number of benzene rings is 1. The fraction of sp³-hybridized carbons (Fsp3) is 0.579. The highest BCUT2D eigenvalue weighted by Gasteiger charge is 2.31. The molecule has 2 heteroatoms. The largest absolute Gasteiger partial charge is 0.294 e. The minimum atomic E-state index is -0.388. The van der Waals surface area contributed by atoms with E-state index in [0.717, 1.165) is 19.3 Å². The Morgan fingerprint density at radius 3 is 1.76 bits per heavy atom. The second-order valence-corrected chi connectivity index (χ2v) is 6.74. The van der Waals surface area contributed by atoms with Crippen LogP contribution in [0.3, 0.4) is 0 Å². The number of hydrogen-bond acceptors (Lipinski definition) is 2. The van der Waals surface area contributed by atoms with Gasteiger partial charge in [-0.1, -0.05) is 59.7 Å². The fourth-order valence-electron chi connectivity index (χ4n) is 2.27. The lowest BCUT2D eigenvalue weighted by atomic mass is 9.76. The summed E-state index contributed by atoms with van der Waals surface area (Å²) in [6.07, 6.45) is 2.40. The van der Waals surface area contributed by atoms with E-state index in [1.54, 1.807) is 6.07 Å². The number of Topliss-reactive ketones (excluding diaryl/α,β-unsaturated/α-hetero) is 2. The summed E-state index contributed by atoms with van der Waals surface area (Å²) in [6.45, 7) is 12.0. The van der Waals surface area contributed by atoms with E-state index in [1.807, 2.05) is 59.7 Å². The van der Waals surface area contributed by atoms with Crippen LogP contribution < -0.4 is 0 Å². The first-order chi connectivity index (χ1) is 9.71. The van der Waals surface area contributed by atoms with Gasteiger partial charge >= 0.3 is 0 Å². The molecule has 0 aliphatic carbocycles. The third-order valence-corrected chi connectivity index (χ3v) is 4.99. The zero-order valence-corrected chi connectivity index (χ0v) is 14.2. The highest BCUT2D eigenvalue weighted by atomic mass is 16.1. The van der Waals surface area contributed by atoms with Crippen LogP contribution in [-0.2, 0) is 0 Å². The van der Waals surface area contributed by atoms with E-state index in [2.05, 4.69) is 0 Å². The van der Waals surface area contributed by atoms with Crippen LogP contribution in [-0.4, -0.2) is 11.6 Å². The summed E-state index contributed by atoms with van der Waals surface area (Å²) in [5.41, 5.74) is 0.559. The lowest BCUT2D eigenvalue weighted by molar-refractivity contribution is 0.0802. The standard InChI is InChI=1S/C19H28O2/c1-7-18(4,5)16(20)14-11-10-12-15(13-14)17(21)19(6,8-2)9-3/h10-13H,7-9H2,1-6H3. The Hall–Kier alpha value is -1.44. The van der Waals surface area contributed by atoms with Gasteiger partial charge in [-0.15, -0.1) is 0 Å². The maximum absolute atomic E-state index is 12.7. The summed E-state index contributed by atoms with van der Waals surface area (Å²) < 4.78 is 0. The molecule has 1 aromatic carbocycles. The van der Waals surface area contributed by atoms with Gasteiger partial charge in [-0.3, -0.25) is 9.59 Å². The van der Waals surface area contributed by atoms with Crippen LogP contribution in [0.1, 0.15) is 81.5 Å². The van der Waals surface area contributed by atoms with E-state index in [-0.39, 0.29) is 22.4 Å². The fourth-order valence-corrected chi connectivity index (χ4v) is 2.27. The molecular weight excluding hydrogens is 260 g/mol. The predicted molar refractivity (Wildman–Crippen MR) is 87.9 cm³/mol. The van der Waals surface area contributed by atoms with Crippen LogP contribution in [0.15, 0.2) is 24.3 Å². The Kier molecular flexibility index (Phi) is 5.49. The third-order valence-electron chi connectivity index (χ3n) is 4.99. The monoisotopic (exact) mass is 288 g/mol. The van der Waals surface area contributed by atoms with Gasteiger partial charge in [0.15, 0.2) is 11.6 Å². The van der Waals surface area contributed by atoms with Crippen molar-refractivity contribution in [3.05, 3.63) is 35.4 Å². The highest BCUT2D eigenvalue weighted by molar-refractivity contribution is 6.05. The van der Waals surface area contributed by atoms with Crippen LogP contribution in [0.5, 0.6) is 0 Å². The van der Waals surface area contributed by atoms with Crippen LogP contribution >= 0.6 is 0 Å². The molecule has 0 fully saturated rings. The Balaban J connectivity index is 3.18. The zero-order chi connectivity index (χ0) is 16.3. The first kappa shape index (κ1) is 17.6. The average Bonchev–Trinajstić information content (AvgIpc) is 2.52. The lowest BCUT2D eigenvalue weighted by Crippen LogP contribution is -2.27. The van der Waals surface area contributed by atoms with Gasteiger partial charge in [0.1, 0.15) is 0 Å². The number of carbonyl (C=O) groups is 2. The molecule has 0 radical (unpaired) electrons. The summed E-state index contributed by atoms with van der Waals surface area (Å²) in [6, 6.07) is 7.22. The third kappa shape index (κ3) is 3.61. The van der Waals surface area contributed by atoms with Crippen LogP contribution in [0.2, 0.25) is 0 Å². The molecule has 2 nitrogen and oxygen atoms in total. The molecule has 0 bridgehead atoms. The molecule has 1 rings (SSSR count). The molecule has 0 heterocycles. The molecule has 0 aliphatic rings. The van der Waals surface area contributed by atoms with Crippen LogP contribution in [0, 0.1) is 10.8 Å². The van der Waals surface area contributed by atoms with Gasteiger partial charge in [-0.05, 0) is 25.3 Å². The second-order valence-electron chi connectivity index (χ2n) is 6.74. The Labute approximate surface area is 128 Å².